The third-order valence-electron chi connectivity index (χ3n) is 3.06. The van der Waals surface area contributed by atoms with E-state index in [1.54, 1.807) is 6.20 Å². The van der Waals surface area contributed by atoms with Crippen molar-refractivity contribution in [3.8, 4) is 0 Å². The SMILES string of the molecule is CN1CCCC(CNc2cccnc2Cl)C1. The van der Waals surface area contributed by atoms with Crippen molar-refractivity contribution in [1.82, 2.24) is 9.88 Å². The number of halogens is 1. The highest BCUT2D eigenvalue weighted by Crippen LogP contribution is 2.20. The molecule has 3 nitrogen and oxygen atoms in total. The zero-order valence-corrected chi connectivity index (χ0v) is 10.4. The lowest BCUT2D eigenvalue weighted by Gasteiger charge is -2.30. The summed E-state index contributed by atoms with van der Waals surface area (Å²) in [4.78, 5) is 6.44. The fourth-order valence-corrected chi connectivity index (χ4v) is 2.40. The smallest absolute Gasteiger partial charge is 0.152 e. The second-order valence-corrected chi connectivity index (χ2v) is 4.85. The number of hydrogen-bond donors (Lipinski definition) is 1. The lowest BCUT2D eigenvalue weighted by molar-refractivity contribution is 0.217. The van der Waals surface area contributed by atoms with Crippen LogP contribution in [0.25, 0.3) is 0 Å². The number of hydrogen-bond acceptors (Lipinski definition) is 3. The molecule has 0 radical (unpaired) electrons. The number of nitrogens with one attached hydrogen (secondary N) is 1. The number of likely N-dealkylation sites (tertiary alicyclic amines) is 1. The van der Waals surface area contributed by atoms with Crippen molar-refractivity contribution in [2.75, 3.05) is 32.0 Å². The molecule has 1 aromatic heterocycles. The summed E-state index contributed by atoms with van der Waals surface area (Å²) in [5, 5.41) is 3.94. The van der Waals surface area contributed by atoms with Crippen LogP contribution >= 0.6 is 11.6 Å². The molecule has 1 fully saturated rings. The first kappa shape index (κ1) is 11.7. The summed E-state index contributed by atoms with van der Waals surface area (Å²) < 4.78 is 0. The Balaban J connectivity index is 1.85. The topological polar surface area (TPSA) is 28.2 Å². The molecular weight excluding hydrogens is 222 g/mol. The molecule has 0 aliphatic carbocycles. The van der Waals surface area contributed by atoms with E-state index in [2.05, 4.69) is 22.2 Å². The predicted molar refractivity (Wildman–Crippen MR) is 68.0 cm³/mol. The molecule has 2 heterocycles. The van der Waals surface area contributed by atoms with Crippen molar-refractivity contribution in [3.63, 3.8) is 0 Å². The van der Waals surface area contributed by atoms with Gasteiger partial charge in [0.05, 0.1) is 5.69 Å². The van der Waals surface area contributed by atoms with Crippen LogP contribution in [0.3, 0.4) is 0 Å². The molecule has 1 aliphatic heterocycles. The highest BCUT2D eigenvalue weighted by molar-refractivity contribution is 6.31. The quantitative estimate of drug-likeness (QED) is 0.822. The maximum atomic E-state index is 5.99. The predicted octanol–water partition coefficient (Wildman–Crippen LogP) is 2.49. The van der Waals surface area contributed by atoms with Crippen LogP contribution in [-0.4, -0.2) is 36.6 Å². The van der Waals surface area contributed by atoms with Crippen LogP contribution in [0.15, 0.2) is 18.3 Å². The normalized spacial score (nSPS) is 22.0. The minimum Gasteiger partial charge on any atom is -0.382 e. The van der Waals surface area contributed by atoms with Gasteiger partial charge in [-0.05, 0) is 44.5 Å². The number of pyridine rings is 1. The van der Waals surface area contributed by atoms with Gasteiger partial charge in [-0.25, -0.2) is 4.98 Å². The van der Waals surface area contributed by atoms with Crippen LogP contribution in [0.1, 0.15) is 12.8 Å². The Morgan fingerprint density at radius 2 is 2.50 bits per heavy atom. The molecule has 1 saturated heterocycles. The summed E-state index contributed by atoms with van der Waals surface area (Å²) in [6.07, 6.45) is 4.31. The van der Waals surface area contributed by atoms with E-state index in [1.165, 1.54) is 25.9 Å². The lowest BCUT2D eigenvalue weighted by atomic mass is 9.98. The molecule has 1 atom stereocenters. The fraction of sp³-hybridized carbons (Fsp3) is 0.583. The van der Waals surface area contributed by atoms with Crippen LogP contribution in [0.2, 0.25) is 5.15 Å². The van der Waals surface area contributed by atoms with Gasteiger partial charge in [-0.1, -0.05) is 11.6 Å². The lowest BCUT2D eigenvalue weighted by Crippen LogP contribution is -2.35. The fourth-order valence-electron chi connectivity index (χ4n) is 2.21. The van der Waals surface area contributed by atoms with Gasteiger partial charge >= 0.3 is 0 Å². The van der Waals surface area contributed by atoms with E-state index in [0.29, 0.717) is 5.15 Å². The molecule has 1 aliphatic rings. The highest BCUT2D eigenvalue weighted by Gasteiger charge is 2.16. The van der Waals surface area contributed by atoms with Gasteiger partial charge in [0.15, 0.2) is 5.15 Å². The van der Waals surface area contributed by atoms with Crippen molar-refractivity contribution >= 4 is 17.3 Å². The second-order valence-electron chi connectivity index (χ2n) is 4.49. The minimum atomic E-state index is 0.562. The van der Waals surface area contributed by atoms with E-state index < -0.39 is 0 Å². The largest absolute Gasteiger partial charge is 0.382 e. The van der Waals surface area contributed by atoms with Crippen LogP contribution in [0.4, 0.5) is 5.69 Å². The average molecular weight is 240 g/mol. The molecule has 0 amide bonds. The highest BCUT2D eigenvalue weighted by atomic mass is 35.5. The molecule has 1 N–H and O–H groups in total. The van der Waals surface area contributed by atoms with Crippen molar-refractivity contribution in [2.24, 2.45) is 5.92 Å². The number of anilines is 1. The number of rotatable bonds is 3. The minimum absolute atomic E-state index is 0.562. The first-order valence-electron chi connectivity index (χ1n) is 5.78. The Hall–Kier alpha value is -0.800. The standard InChI is InChI=1S/C12H18ClN3/c1-16-7-3-4-10(9-16)8-15-11-5-2-6-14-12(11)13/h2,5-6,10,15H,3-4,7-9H2,1H3. The van der Waals surface area contributed by atoms with E-state index in [0.717, 1.165) is 18.2 Å². The van der Waals surface area contributed by atoms with Gasteiger partial charge in [0.2, 0.25) is 0 Å². The summed E-state index contributed by atoms with van der Waals surface area (Å²) in [5.41, 5.74) is 0.942. The maximum absolute atomic E-state index is 5.99. The Morgan fingerprint density at radius 3 is 3.25 bits per heavy atom. The first-order chi connectivity index (χ1) is 7.75. The zero-order chi connectivity index (χ0) is 11.4. The number of aromatic nitrogens is 1. The van der Waals surface area contributed by atoms with Crippen molar-refractivity contribution in [2.45, 2.75) is 12.8 Å². The molecule has 16 heavy (non-hydrogen) atoms. The van der Waals surface area contributed by atoms with E-state index in [9.17, 15) is 0 Å². The Morgan fingerprint density at radius 1 is 1.62 bits per heavy atom. The van der Waals surface area contributed by atoms with Gasteiger partial charge in [0, 0.05) is 19.3 Å². The molecular formula is C12H18ClN3. The zero-order valence-electron chi connectivity index (χ0n) is 9.62. The van der Waals surface area contributed by atoms with Gasteiger partial charge in [0.25, 0.3) is 0 Å². The van der Waals surface area contributed by atoms with E-state index in [1.807, 2.05) is 12.1 Å². The van der Waals surface area contributed by atoms with E-state index >= 15 is 0 Å². The van der Waals surface area contributed by atoms with Gasteiger partial charge in [-0.3, -0.25) is 0 Å². The van der Waals surface area contributed by atoms with Crippen molar-refractivity contribution < 1.29 is 0 Å². The van der Waals surface area contributed by atoms with Gasteiger partial charge in [-0.15, -0.1) is 0 Å². The monoisotopic (exact) mass is 239 g/mol. The van der Waals surface area contributed by atoms with Crippen LogP contribution in [-0.2, 0) is 0 Å². The molecule has 4 heteroatoms. The average Bonchev–Trinajstić information content (AvgIpc) is 2.28. The molecule has 2 rings (SSSR count). The molecule has 0 saturated carbocycles. The number of nitrogens with zero attached hydrogens (tertiary/aromatic N) is 2. The van der Waals surface area contributed by atoms with Crippen molar-refractivity contribution in [1.29, 1.82) is 0 Å². The molecule has 88 valence electrons. The van der Waals surface area contributed by atoms with Crippen molar-refractivity contribution in [3.05, 3.63) is 23.5 Å². The summed E-state index contributed by atoms with van der Waals surface area (Å²) in [6.45, 7) is 3.38. The van der Waals surface area contributed by atoms with Crippen LogP contribution in [0.5, 0.6) is 0 Å². The third-order valence-corrected chi connectivity index (χ3v) is 3.36. The number of piperidine rings is 1. The molecule has 0 spiro atoms. The first-order valence-corrected chi connectivity index (χ1v) is 6.16. The molecule has 0 bridgehead atoms. The molecule has 1 aromatic rings. The third kappa shape index (κ3) is 3.09. The van der Waals surface area contributed by atoms with Crippen LogP contribution in [0, 0.1) is 5.92 Å². The molecule has 0 aromatic carbocycles. The van der Waals surface area contributed by atoms with Gasteiger partial charge < -0.3 is 10.2 Å². The maximum Gasteiger partial charge on any atom is 0.152 e. The summed E-state index contributed by atoms with van der Waals surface area (Å²) in [6, 6.07) is 3.88. The van der Waals surface area contributed by atoms with E-state index in [-0.39, 0.29) is 0 Å². The Kier molecular flexibility index (Phi) is 4.02. The summed E-state index contributed by atoms with van der Waals surface area (Å²) in [5.74, 6) is 0.718. The van der Waals surface area contributed by atoms with Gasteiger partial charge in [-0.2, -0.15) is 0 Å². The Bertz CT molecular complexity index is 343. The summed E-state index contributed by atoms with van der Waals surface area (Å²) >= 11 is 5.99. The second kappa shape index (κ2) is 5.51. The van der Waals surface area contributed by atoms with Gasteiger partial charge in [0.1, 0.15) is 0 Å². The van der Waals surface area contributed by atoms with Crippen LogP contribution < -0.4 is 5.32 Å². The molecule has 1 unspecified atom stereocenters. The Labute approximate surface area is 102 Å². The summed E-state index contributed by atoms with van der Waals surface area (Å²) in [7, 11) is 2.18. The van der Waals surface area contributed by atoms with E-state index in [4.69, 9.17) is 11.6 Å².